The third-order valence-corrected chi connectivity index (χ3v) is 3.10. The van der Waals surface area contributed by atoms with Crippen molar-refractivity contribution < 1.29 is 13.2 Å². The molecule has 0 aliphatic heterocycles. The molecule has 0 spiro atoms. The van der Waals surface area contributed by atoms with Gasteiger partial charge in [-0.15, -0.1) is 0 Å². The van der Waals surface area contributed by atoms with Crippen molar-refractivity contribution in [2.45, 2.75) is 18.4 Å². The first-order chi connectivity index (χ1) is 7.30. The minimum atomic E-state index is -3.68. The van der Waals surface area contributed by atoms with E-state index in [-0.39, 0.29) is 10.8 Å². The SMILES string of the molecule is CC(=O)N(C)Cc1cccc(S(N)(=O)=O)c1. The van der Waals surface area contributed by atoms with E-state index in [9.17, 15) is 13.2 Å². The number of amides is 1. The molecule has 1 aromatic carbocycles. The summed E-state index contributed by atoms with van der Waals surface area (Å²) in [6.45, 7) is 1.81. The Morgan fingerprint density at radius 3 is 2.56 bits per heavy atom. The molecule has 0 bridgehead atoms. The van der Waals surface area contributed by atoms with Gasteiger partial charge in [0.05, 0.1) is 4.90 Å². The predicted molar refractivity (Wildman–Crippen MR) is 60.0 cm³/mol. The van der Waals surface area contributed by atoms with Gasteiger partial charge < -0.3 is 4.90 Å². The van der Waals surface area contributed by atoms with Gasteiger partial charge in [0.1, 0.15) is 0 Å². The van der Waals surface area contributed by atoms with Gasteiger partial charge in [-0.3, -0.25) is 4.79 Å². The maximum Gasteiger partial charge on any atom is 0.238 e. The van der Waals surface area contributed by atoms with E-state index in [1.165, 1.54) is 24.0 Å². The van der Waals surface area contributed by atoms with Crippen molar-refractivity contribution in [2.24, 2.45) is 5.14 Å². The number of nitrogens with zero attached hydrogens (tertiary/aromatic N) is 1. The molecule has 0 aliphatic rings. The fourth-order valence-electron chi connectivity index (χ4n) is 1.21. The molecule has 16 heavy (non-hydrogen) atoms. The molecule has 0 aromatic heterocycles. The number of nitrogens with two attached hydrogens (primary N) is 1. The Bertz CT molecular complexity index is 497. The van der Waals surface area contributed by atoms with E-state index in [0.717, 1.165) is 5.56 Å². The number of primary sulfonamides is 1. The van der Waals surface area contributed by atoms with Crippen LogP contribution in [0, 0.1) is 0 Å². The standard InChI is InChI=1S/C10H14N2O3S/c1-8(13)12(2)7-9-4-3-5-10(6-9)16(11,14)15/h3-6H,7H2,1-2H3,(H2,11,14,15). The molecule has 0 radical (unpaired) electrons. The highest BCUT2D eigenvalue weighted by atomic mass is 32.2. The first-order valence-corrected chi connectivity index (χ1v) is 6.19. The van der Waals surface area contributed by atoms with Gasteiger partial charge in [-0.25, -0.2) is 13.6 Å². The Labute approximate surface area is 94.9 Å². The zero-order chi connectivity index (χ0) is 12.3. The summed E-state index contributed by atoms with van der Waals surface area (Å²) in [6, 6.07) is 6.23. The molecular formula is C10H14N2O3S. The zero-order valence-corrected chi connectivity index (χ0v) is 9.99. The molecule has 88 valence electrons. The summed E-state index contributed by atoms with van der Waals surface area (Å²) in [5.41, 5.74) is 0.726. The number of carbonyl (C=O) groups excluding carboxylic acids is 1. The average molecular weight is 242 g/mol. The van der Waals surface area contributed by atoms with Crippen molar-refractivity contribution in [3.63, 3.8) is 0 Å². The molecular weight excluding hydrogens is 228 g/mol. The van der Waals surface area contributed by atoms with Gasteiger partial charge in [0, 0.05) is 20.5 Å². The van der Waals surface area contributed by atoms with Crippen molar-refractivity contribution in [2.75, 3.05) is 7.05 Å². The maximum atomic E-state index is 11.1. The highest BCUT2D eigenvalue weighted by Gasteiger charge is 2.09. The predicted octanol–water partition coefficient (Wildman–Crippen LogP) is 0.312. The minimum Gasteiger partial charge on any atom is -0.342 e. The highest BCUT2D eigenvalue weighted by molar-refractivity contribution is 7.89. The first-order valence-electron chi connectivity index (χ1n) is 4.64. The fourth-order valence-corrected chi connectivity index (χ4v) is 1.79. The second-order valence-electron chi connectivity index (χ2n) is 3.57. The van der Waals surface area contributed by atoms with Crippen LogP contribution in [0.4, 0.5) is 0 Å². The van der Waals surface area contributed by atoms with Gasteiger partial charge in [-0.2, -0.15) is 0 Å². The Hall–Kier alpha value is -1.40. The molecule has 1 rings (SSSR count). The topological polar surface area (TPSA) is 80.5 Å². The van der Waals surface area contributed by atoms with Crippen molar-refractivity contribution in [1.29, 1.82) is 0 Å². The van der Waals surface area contributed by atoms with E-state index in [0.29, 0.717) is 6.54 Å². The van der Waals surface area contributed by atoms with Gasteiger partial charge >= 0.3 is 0 Å². The summed E-state index contributed by atoms with van der Waals surface area (Å²) < 4.78 is 22.2. The highest BCUT2D eigenvalue weighted by Crippen LogP contribution is 2.11. The number of sulfonamides is 1. The molecule has 1 aromatic rings. The van der Waals surface area contributed by atoms with Gasteiger partial charge in [0.2, 0.25) is 15.9 Å². The molecule has 0 fully saturated rings. The lowest BCUT2D eigenvalue weighted by atomic mass is 10.2. The Morgan fingerprint density at radius 2 is 2.06 bits per heavy atom. The maximum absolute atomic E-state index is 11.1. The van der Waals surface area contributed by atoms with Crippen LogP contribution >= 0.6 is 0 Å². The second kappa shape index (κ2) is 4.63. The number of benzene rings is 1. The summed E-state index contributed by atoms with van der Waals surface area (Å²) in [7, 11) is -2.04. The van der Waals surface area contributed by atoms with E-state index in [1.54, 1.807) is 19.2 Å². The van der Waals surface area contributed by atoms with Crippen molar-refractivity contribution >= 4 is 15.9 Å². The molecule has 0 unspecified atom stereocenters. The third-order valence-electron chi connectivity index (χ3n) is 2.18. The molecule has 0 saturated carbocycles. The average Bonchev–Trinajstić information content (AvgIpc) is 2.16. The Kier molecular flexibility index (Phi) is 3.66. The van der Waals surface area contributed by atoms with Crippen LogP contribution < -0.4 is 5.14 Å². The summed E-state index contributed by atoms with van der Waals surface area (Å²) >= 11 is 0. The summed E-state index contributed by atoms with van der Waals surface area (Å²) in [4.78, 5) is 12.6. The fraction of sp³-hybridized carbons (Fsp3) is 0.300. The molecule has 1 amide bonds. The van der Waals surface area contributed by atoms with Gasteiger partial charge in [0.25, 0.3) is 0 Å². The van der Waals surface area contributed by atoms with E-state index in [2.05, 4.69) is 0 Å². The van der Waals surface area contributed by atoms with Crippen LogP contribution in [0.1, 0.15) is 12.5 Å². The molecule has 6 heteroatoms. The van der Waals surface area contributed by atoms with Gasteiger partial charge in [0.15, 0.2) is 0 Å². The Morgan fingerprint density at radius 1 is 1.44 bits per heavy atom. The zero-order valence-electron chi connectivity index (χ0n) is 9.17. The van der Waals surface area contributed by atoms with Crippen molar-refractivity contribution in [3.05, 3.63) is 29.8 Å². The summed E-state index contributed by atoms with van der Waals surface area (Å²) in [6.07, 6.45) is 0. The van der Waals surface area contributed by atoms with Crippen LogP contribution in [0.15, 0.2) is 29.2 Å². The second-order valence-corrected chi connectivity index (χ2v) is 5.13. The molecule has 0 heterocycles. The Balaban J connectivity index is 2.96. The molecule has 2 N–H and O–H groups in total. The lowest BCUT2D eigenvalue weighted by molar-refractivity contribution is -0.128. The lowest BCUT2D eigenvalue weighted by Gasteiger charge is -2.14. The normalized spacial score (nSPS) is 11.2. The largest absolute Gasteiger partial charge is 0.342 e. The summed E-state index contributed by atoms with van der Waals surface area (Å²) in [5.74, 6) is -0.0824. The first kappa shape index (κ1) is 12.7. The van der Waals surface area contributed by atoms with Crippen LogP contribution in [0.25, 0.3) is 0 Å². The third kappa shape index (κ3) is 3.32. The molecule has 5 nitrogen and oxygen atoms in total. The molecule has 0 saturated heterocycles. The monoisotopic (exact) mass is 242 g/mol. The van der Waals surface area contributed by atoms with E-state index < -0.39 is 10.0 Å². The van der Waals surface area contributed by atoms with Crippen LogP contribution in [0.3, 0.4) is 0 Å². The van der Waals surface area contributed by atoms with E-state index in [1.807, 2.05) is 0 Å². The van der Waals surface area contributed by atoms with Crippen LogP contribution in [-0.4, -0.2) is 26.3 Å². The van der Waals surface area contributed by atoms with Crippen LogP contribution in [0.2, 0.25) is 0 Å². The smallest absolute Gasteiger partial charge is 0.238 e. The number of hydrogen-bond donors (Lipinski definition) is 1. The quantitative estimate of drug-likeness (QED) is 0.828. The number of rotatable bonds is 3. The molecule has 0 aliphatic carbocycles. The van der Waals surface area contributed by atoms with Gasteiger partial charge in [-0.1, -0.05) is 12.1 Å². The molecule has 0 atom stereocenters. The summed E-state index contributed by atoms with van der Waals surface area (Å²) in [5, 5.41) is 5.01. The van der Waals surface area contributed by atoms with E-state index in [4.69, 9.17) is 5.14 Å². The van der Waals surface area contributed by atoms with E-state index >= 15 is 0 Å². The van der Waals surface area contributed by atoms with Crippen molar-refractivity contribution in [3.8, 4) is 0 Å². The number of hydrogen-bond acceptors (Lipinski definition) is 3. The van der Waals surface area contributed by atoms with Crippen molar-refractivity contribution in [1.82, 2.24) is 4.90 Å². The van der Waals surface area contributed by atoms with Crippen LogP contribution in [0.5, 0.6) is 0 Å². The number of carbonyl (C=O) groups is 1. The van der Waals surface area contributed by atoms with Gasteiger partial charge in [-0.05, 0) is 17.7 Å². The lowest BCUT2D eigenvalue weighted by Crippen LogP contribution is -2.23. The minimum absolute atomic E-state index is 0.0574. The van der Waals surface area contributed by atoms with Crippen LogP contribution in [-0.2, 0) is 21.4 Å².